The molecule has 0 fully saturated rings. The van der Waals surface area contributed by atoms with Gasteiger partial charge in [0, 0.05) is 11.3 Å². The number of anilines is 2. The molecule has 0 radical (unpaired) electrons. The molecule has 0 spiro atoms. The van der Waals surface area contributed by atoms with E-state index in [4.69, 9.17) is 16.3 Å². The lowest BCUT2D eigenvalue weighted by atomic mass is 10.1. The Morgan fingerprint density at radius 3 is 2.32 bits per heavy atom. The largest absolute Gasteiger partial charge is 0.462 e. The number of hydrogen-bond donors (Lipinski definition) is 2. The van der Waals surface area contributed by atoms with Crippen LogP contribution in [0.15, 0.2) is 59.5 Å². The average molecular weight is 501 g/mol. The fourth-order valence-corrected chi connectivity index (χ4v) is 4.99. The van der Waals surface area contributed by atoms with Crippen molar-refractivity contribution in [1.29, 1.82) is 0 Å². The van der Waals surface area contributed by atoms with Gasteiger partial charge in [-0.05, 0) is 75.2 Å². The molecule has 7 nitrogen and oxygen atoms in total. The Morgan fingerprint density at radius 1 is 0.941 bits per heavy atom. The number of hydrogen-bond acceptors (Lipinski definition) is 5. The fourth-order valence-electron chi connectivity index (χ4n) is 3.33. The summed E-state index contributed by atoms with van der Waals surface area (Å²) in [5.41, 5.74) is 3.46. The molecule has 0 aliphatic heterocycles. The zero-order valence-corrected chi connectivity index (χ0v) is 20.8. The highest BCUT2D eigenvalue weighted by Crippen LogP contribution is 2.25. The second-order valence-electron chi connectivity index (χ2n) is 7.77. The molecule has 178 valence electrons. The van der Waals surface area contributed by atoms with E-state index in [-0.39, 0.29) is 27.7 Å². The third kappa shape index (κ3) is 5.76. The first-order valence-corrected chi connectivity index (χ1v) is 12.4. The van der Waals surface area contributed by atoms with Crippen LogP contribution >= 0.6 is 11.6 Å². The van der Waals surface area contributed by atoms with Crippen LogP contribution in [-0.4, -0.2) is 26.9 Å². The summed E-state index contributed by atoms with van der Waals surface area (Å²) in [7, 11) is -3.94. The predicted octanol–water partition coefficient (Wildman–Crippen LogP) is 5.50. The summed E-state index contributed by atoms with van der Waals surface area (Å²) in [5.74, 6) is -1.09. The highest BCUT2D eigenvalue weighted by Gasteiger charge is 2.21. The maximum absolute atomic E-state index is 13.1. The zero-order valence-electron chi connectivity index (χ0n) is 19.2. The number of halogens is 1. The van der Waals surface area contributed by atoms with Crippen molar-refractivity contribution in [2.45, 2.75) is 32.6 Å². The van der Waals surface area contributed by atoms with E-state index in [1.54, 1.807) is 26.0 Å². The Kier molecular flexibility index (Phi) is 7.64. The van der Waals surface area contributed by atoms with E-state index < -0.39 is 21.9 Å². The first kappa shape index (κ1) is 25.3. The third-order valence-electron chi connectivity index (χ3n) is 5.09. The molecule has 34 heavy (non-hydrogen) atoms. The van der Waals surface area contributed by atoms with Gasteiger partial charge in [-0.3, -0.25) is 9.52 Å². The van der Waals surface area contributed by atoms with Gasteiger partial charge in [0.25, 0.3) is 15.9 Å². The molecule has 1 amide bonds. The van der Waals surface area contributed by atoms with E-state index in [0.29, 0.717) is 16.9 Å². The van der Waals surface area contributed by atoms with Crippen LogP contribution in [0.25, 0.3) is 0 Å². The number of nitrogens with one attached hydrogen (secondary N) is 2. The van der Waals surface area contributed by atoms with Crippen molar-refractivity contribution in [3.63, 3.8) is 0 Å². The second kappa shape index (κ2) is 10.3. The van der Waals surface area contributed by atoms with Crippen LogP contribution in [0.4, 0.5) is 11.4 Å². The number of esters is 1. The summed E-state index contributed by atoms with van der Waals surface area (Å²) in [6.07, 6.45) is 0. The van der Waals surface area contributed by atoms with Crippen LogP contribution in [0.2, 0.25) is 5.02 Å². The van der Waals surface area contributed by atoms with Crippen LogP contribution in [0.1, 0.15) is 44.3 Å². The van der Waals surface area contributed by atoms with Gasteiger partial charge in [-0.2, -0.15) is 0 Å². The van der Waals surface area contributed by atoms with Crippen LogP contribution < -0.4 is 10.0 Å². The summed E-state index contributed by atoms with van der Waals surface area (Å²) in [6.45, 7) is 7.31. The average Bonchev–Trinajstić information content (AvgIpc) is 2.76. The lowest BCUT2D eigenvalue weighted by molar-refractivity contribution is 0.0526. The van der Waals surface area contributed by atoms with Gasteiger partial charge in [0.15, 0.2) is 0 Å². The molecule has 2 N–H and O–H groups in total. The summed E-state index contributed by atoms with van der Waals surface area (Å²) < 4.78 is 33.7. The topological polar surface area (TPSA) is 102 Å². The summed E-state index contributed by atoms with van der Waals surface area (Å²) in [6, 6.07) is 14.2. The van der Waals surface area contributed by atoms with Crippen molar-refractivity contribution in [3.05, 3.63) is 87.4 Å². The summed E-state index contributed by atoms with van der Waals surface area (Å²) in [5, 5.41) is 2.80. The Balaban J connectivity index is 1.84. The standard InChI is InChI=1S/C25H25ClN2O5S/c1-5-33-25(30)20-10-9-19(14-21(20)26)27-24(29)18-8-7-16(3)23(13-18)34(31,32)28-22-11-6-15(2)12-17(22)4/h6-14,28H,5H2,1-4H3,(H,27,29). The minimum atomic E-state index is -3.94. The van der Waals surface area contributed by atoms with E-state index in [1.807, 2.05) is 26.0 Å². The first-order chi connectivity index (χ1) is 16.0. The maximum atomic E-state index is 13.1. The van der Waals surface area contributed by atoms with Crippen LogP contribution in [0.3, 0.4) is 0 Å². The van der Waals surface area contributed by atoms with Crippen molar-refractivity contribution in [2.24, 2.45) is 0 Å². The molecule has 0 aliphatic carbocycles. The Bertz CT molecular complexity index is 1370. The molecule has 0 unspecified atom stereocenters. The van der Waals surface area contributed by atoms with Crippen molar-refractivity contribution in [3.8, 4) is 0 Å². The van der Waals surface area contributed by atoms with E-state index in [1.165, 1.54) is 30.3 Å². The summed E-state index contributed by atoms with van der Waals surface area (Å²) >= 11 is 6.16. The quantitative estimate of drug-likeness (QED) is 0.417. The van der Waals surface area contributed by atoms with Crippen LogP contribution in [-0.2, 0) is 14.8 Å². The van der Waals surface area contributed by atoms with Gasteiger partial charge in [0.1, 0.15) is 0 Å². The van der Waals surface area contributed by atoms with E-state index in [0.717, 1.165) is 11.1 Å². The number of aryl methyl sites for hydroxylation is 3. The number of carbonyl (C=O) groups excluding carboxylic acids is 2. The van der Waals surface area contributed by atoms with Gasteiger partial charge in [-0.15, -0.1) is 0 Å². The van der Waals surface area contributed by atoms with Gasteiger partial charge < -0.3 is 10.1 Å². The predicted molar refractivity (Wildman–Crippen MR) is 133 cm³/mol. The number of rotatable bonds is 7. The smallest absolute Gasteiger partial charge is 0.339 e. The zero-order chi connectivity index (χ0) is 25.0. The van der Waals surface area contributed by atoms with Crippen molar-refractivity contribution < 1.29 is 22.7 Å². The van der Waals surface area contributed by atoms with Crippen LogP contribution in [0.5, 0.6) is 0 Å². The van der Waals surface area contributed by atoms with Gasteiger partial charge in [-0.25, -0.2) is 13.2 Å². The monoisotopic (exact) mass is 500 g/mol. The molecule has 3 aromatic rings. The van der Waals surface area contributed by atoms with Gasteiger partial charge >= 0.3 is 5.97 Å². The molecule has 0 saturated carbocycles. The molecule has 3 aromatic carbocycles. The lowest BCUT2D eigenvalue weighted by Crippen LogP contribution is -2.17. The minimum Gasteiger partial charge on any atom is -0.462 e. The minimum absolute atomic E-state index is 0.00387. The van der Waals surface area contributed by atoms with Gasteiger partial charge in [0.05, 0.1) is 27.8 Å². The summed E-state index contributed by atoms with van der Waals surface area (Å²) in [4.78, 5) is 24.7. The van der Waals surface area contributed by atoms with E-state index in [9.17, 15) is 18.0 Å². The third-order valence-corrected chi connectivity index (χ3v) is 6.91. The molecule has 3 rings (SSSR count). The maximum Gasteiger partial charge on any atom is 0.339 e. The molecular formula is C25H25ClN2O5S. The van der Waals surface area contributed by atoms with Gasteiger partial charge in [0.2, 0.25) is 0 Å². The highest BCUT2D eigenvalue weighted by molar-refractivity contribution is 7.92. The SMILES string of the molecule is CCOC(=O)c1ccc(NC(=O)c2ccc(C)c(S(=O)(=O)Nc3ccc(C)cc3C)c2)cc1Cl. The molecule has 0 atom stereocenters. The molecule has 0 bridgehead atoms. The Morgan fingerprint density at radius 2 is 1.68 bits per heavy atom. The molecule has 0 aromatic heterocycles. The van der Waals surface area contributed by atoms with Crippen molar-refractivity contribution >= 4 is 44.9 Å². The molecule has 0 heterocycles. The van der Waals surface area contributed by atoms with E-state index >= 15 is 0 Å². The number of carbonyl (C=O) groups is 2. The Labute approximate surface area is 204 Å². The Hall–Kier alpha value is -3.36. The van der Waals surface area contributed by atoms with Crippen molar-refractivity contribution in [2.75, 3.05) is 16.6 Å². The first-order valence-electron chi connectivity index (χ1n) is 10.5. The number of sulfonamides is 1. The highest BCUT2D eigenvalue weighted by atomic mass is 35.5. The van der Waals surface area contributed by atoms with Gasteiger partial charge in [-0.1, -0.05) is 35.4 Å². The van der Waals surface area contributed by atoms with Crippen molar-refractivity contribution in [1.82, 2.24) is 0 Å². The second-order valence-corrected chi connectivity index (χ2v) is 9.83. The van der Waals surface area contributed by atoms with Crippen LogP contribution in [0, 0.1) is 20.8 Å². The molecule has 0 saturated heterocycles. The normalized spacial score (nSPS) is 11.1. The number of ether oxygens (including phenoxy) is 1. The molecule has 0 aliphatic rings. The fraction of sp³-hybridized carbons (Fsp3) is 0.200. The van der Waals surface area contributed by atoms with E-state index in [2.05, 4.69) is 10.0 Å². The molecule has 9 heteroatoms. The number of benzene rings is 3. The number of amides is 1. The lowest BCUT2D eigenvalue weighted by Gasteiger charge is -2.14. The molecular weight excluding hydrogens is 476 g/mol.